The van der Waals surface area contributed by atoms with Gasteiger partial charge in [-0.15, -0.1) is 0 Å². The fraction of sp³-hybridized carbons (Fsp3) is 0.364. The van der Waals surface area contributed by atoms with Crippen LogP contribution >= 0.6 is 0 Å². The fourth-order valence-electron chi connectivity index (χ4n) is 3.37. The molecule has 1 saturated heterocycles. The molecule has 0 spiro atoms. The summed E-state index contributed by atoms with van der Waals surface area (Å²) in [5, 5.41) is 12.4. The molecule has 140 valence electrons. The van der Waals surface area contributed by atoms with Gasteiger partial charge in [0.1, 0.15) is 5.84 Å². The highest BCUT2D eigenvalue weighted by atomic mass is 16.5. The lowest BCUT2D eigenvalue weighted by Gasteiger charge is -2.30. The third kappa shape index (κ3) is 5.32. The number of para-hydroxylation sites is 1. The zero-order valence-corrected chi connectivity index (χ0v) is 15.8. The molecule has 1 aliphatic heterocycles. The van der Waals surface area contributed by atoms with Crippen LogP contribution in [-0.2, 0) is 17.6 Å². The first-order valence-electron chi connectivity index (χ1n) is 9.42. The van der Waals surface area contributed by atoms with Crippen molar-refractivity contribution in [2.45, 2.75) is 19.8 Å². The Morgan fingerprint density at radius 1 is 1.11 bits per heavy atom. The van der Waals surface area contributed by atoms with Gasteiger partial charge in [-0.2, -0.15) is 10.3 Å². The van der Waals surface area contributed by atoms with E-state index in [1.54, 1.807) is 0 Å². The first kappa shape index (κ1) is 18.9. The number of amidine groups is 1. The van der Waals surface area contributed by atoms with E-state index >= 15 is 0 Å². The number of anilines is 1. The molecule has 27 heavy (non-hydrogen) atoms. The van der Waals surface area contributed by atoms with Gasteiger partial charge >= 0.3 is 0 Å². The molecule has 1 aliphatic rings. The Labute approximate surface area is 161 Å². The molecule has 3 rings (SSSR count). The minimum Gasteiger partial charge on any atom is -0.378 e. The Bertz CT molecular complexity index is 819. The largest absolute Gasteiger partial charge is 0.378 e. The third-order valence-corrected chi connectivity index (χ3v) is 4.87. The van der Waals surface area contributed by atoms with Crippen molar-refractivity contribution in [3.63, 3.8) is 0 Å². The summed E-state index contributed by atoms with van der Waals surface area (Å²) in [6, 6.07) is 16.7. The zero-order chi connectivity index (χ0) is 18.9. The smallest absolute Gasteiger partial charge is 0.207 e. The van der Waals surface area contributed by atoms with Gasteiger partial charge in [-0.05, 0) is 36.1 Å². The number of ether oxygens (including phenoxy) is 1. The molecule has 5 nitrogen and oxygen atoms in total. The van der Waals surface area contributed by atoms with Gasteiger partial charge in [-0.25, -0.2) is 0 Å². The summed E-state index contributed by atoms with van der Waals surface area (Å²) in [7, 11) is 0. The molecule has 0 saturated carbocycles. The van der Waals surface area contributed by atoms with E-state index in [-0.39, 0.29) is 0 Å². The minimum absolute atomic E-state index is 0.644. The Balaban J connectivity index is 1.62. The summed E-state index contributed by atoms with van der Waals surface area (Å²) in [6.45, 7) is 6.24. The molecule has 0 unspecified atom stereocenters. The lowest BCUT2D eigenvalue weighted by Crippen LogP contribution is -2.37. The van der Waals surface area contributed by atoms with Crippen LogP contribution in [0.15, 0.2) is 53.5 Å². The highest BCUT2D eigenvalue weighted by molar-refractivity contribution is 5.85. The maximum atomic E-state index is 9.02. The van der Waals surface area contributed by atoms with Crippen molar-refractivity contribution in [1.82, 2.24) is 5.32 Å². The lowest BCUT2D eigenvalue weighted by molar-refractivity contribution is 0.122. The first-order valence-corrected chi connectivity index (χ1v) is 9.42. The number of nitrogens with zero attached hydrogens (tertiary/aromatic N) is 3. The molecule has 1 fully saturated rings. The topological polar surface area (TPSA) is 60.7 Å². The summed E-state index contributed by atoms with van der Waals surface area (Å²) in [6.07, 6.45) is 3.45. The predicted octanol–water partition coefficient (Wildman–Crippen LogP) is 3.09. The highest BCUT2D eigenvalue weighted by Crippen LogP contribution is 2.21. The zero-order valence-electron chi connectivity index (χ0n) is 15.8. The van der Waals surface area contributed by atoms with Gasteiger partial charge in [-0.3, -0.25) is 0 Å². The molecule has 1 N–H and O–H groups in total. The molecule has 0 aromatic heterocycles. The Morgan fingerprint density at radius 2 is 1.81 bits per heavy atom. The van der Waals surface area contributed by atoms with Crippen LogP contribution < -0.4 is 10.2 Å². The van der Waals surface area contributed by atoms with Gasteiger partial charge in [-0.1, -0.05) is 42.5 Å². The average molecular weight is 362 g/mol. The molecule has 2 aromatic carbocycles. The summed E-state index contributed by atoms with van der Waals surface area (Å²) in [4.78, 5) is 6.37. The summed E-state index contributed by atoms with van der Waals surface area (Å²) < 4.78 is 5.47. The van der Waals surface area contributed by atoms with Crippen LogP contribution in [0.1, 0.15) is 16.7 Å². The van der Waals surface area contributed by atoms with Crippen LogP contribution in [-0.4, -0.2) is 38.7 Å². The Hall–Kier alpha value is -2.84. The van der Waals surface area contributed by atoms with E-state index in [2.05, 4.69) is 58.5 Å². The van der Waals surface area contributed by atoms with Crippen molar-refractivity contribution < 1.29 is 4.74 Å². The van der Waals surface area contributed by atoms with Crippen molar-refractivity contribution in [3.8, 4) is 6.19 Å². The number of morpholine rings is 1. The van der Waals surface area contributed by atoms with Crippen molar-refractivity contribution in [2.24, 2.45) is 4.99 Å². The monoisotopic (exact) mass is 362 g/mol. The number of benzene rings is 2. The number of nitrogens with one attached hydrogen (secondary N) is 1. The molecule has 5 heteroatoms. The Kier molecular flexibility index (Phi) is 6.84. The molecule has 2 aromatic rings. The summed E-state index contributed by atoms with van der Waals surface area (Å²) in [5.74, 6) is 0.718. The van der Waals surface area contributed by atoms with E-state index in [4.69, 9.17) is 10.00 Å². The number of nitriles is 1. The van der Waals surface area contributed by atoms with Crippen LogP contribution in [0.2, 0.25) is 0 Å². The average Bonchev–Trinajstić information content (AvgIpc) is 2.71. The van der Waals surface area contributed by atoms with Crippen LogP contribution in [0.3, 0.4) is 0 Å². The maximum absolute atomic E-state index is 9.02. The van der Waals surface area contributed by atoms with Crippen molar-refractivity contribution in [2.75, 3.05) is 37.7 Å². The van der Waals surface area contributed by atoms with Crippen molar-refractivity contribution in [3.05, 3.63) is 65.2 Å². The maximum Gasteiger partial charge on any atom is 0.207 e. The van der Waals surface area contributed by atoms with E-state index in [9.17, 15) is 0 Å². The van der Waals surface area contributed by atoms with E-state index in [0.717, 1.165) is 45.1 Å². The van der Waals surface area contributed by atoms with Crippen molar-refractivity contribution >= 4 is 11.5 Å². The van der Waals surface area contributed by atoms with Crippen LogP contribution in [0, 0.1) is 18.4 Å². The Morgan fingerprint density at radius 3 is 2.56 bits per heavy atom. The van der Waals surface area contributed by atoms with Gasteiger partial charge in [0, 0.05) is 31.7 Å². The normalized spacial score (nSPS) is 14.7. The van der Waals surface area contributed by atoms with Crippen molar-refractivity contribution in [1.29, 1.82) is 5.26 Å². The number of aliphatic imine (C=N–C) groups is 1. The van der Waals surface area contributed by atoms with Gasteiger partial charge < -0.3 is 15.0 Å². The molecular weight excluding hydrogens is 336 g/mol. The summed E-state index contributed by atoms with van der Waals surface area (Å²) >= 11 is 0. The fourth-order valence-corrected chi connectivity index (χ4v) is 3.37. The number of hydrogen-bond donors (Lipinski definition) is 1. The number of rotatable bonds is 6. The highest BCUT2D eigenvalue weighted by Gasteiger charge is 2.14. The van der Waals surface area contributed by atoms with Gasteiger partial charge in [0.05, 0.1) is 13.2 Å². The third-order valence-electron chi connectivity index (χ3n) is 4.87. The predicted molar refractivity (Wildman–Crippen MR) is 109 cm³/mol. The van der Waals surface area contributed by atoms with Gasteiger partial charge in [0.15, 0.2) is 0 Å². The van der Waals surface area contributed by atoms with Gasteiger partial charge in [0.2, 0.25) is 6.19 Å². The van der Waals surface area contributed by atoms with Crippen LogP contribution in [0.4, 0.5) is 5.69 Å². The lowest BCUT2D eigenvalue weighted by atomic mass is 10.0. The second-order valence-corrected chi connectivity index (χ2v) is 6.67. The molecule has 0 aliphatic carbocycles. The summed E-state index contributed by atoms with van der Waals surface area (Å²) in [5.41, 5.74) is 4.98. The van der Waals surface area contributed by atoms with E-state index < -0.39 is 0 Å². The second kappa shape index (κ2) is 9.75. The minimum atomic E-state index is 0.644. The number of aryl methyl sites for hydroxylation is 1. The van der Waals surface area contributed by atoms with E-state index in [1.807, 2.05) is 18.3 Å². The molecule has 1 heterocycles. The first-order chi connectivity index (χ1) is 13.3. The molecule has 0 atom stereocenters. The second-order valence-electron chi connectivity index (χ2n) is 6.67. The molecule has 0 radical (unpaired) electrons. The van der Waals surface area contributed by atoms with E-state index in [1.165, 1.54) is 22.4 Å². The molecule has 0 bridgehead atoms. The molecular formula is C22H26N4O. The number of hydrogen-bond acceptors (Lipinski definition) is 4. The molecule has 0 amide bonds. The van der Waals surface area contributed by atoms with Crippen LogP contribution in [0.25, 0.3) is 0 Å². The standard InChI is InChI=1S/C22H26N4O/c1-18-6-2-3-8-20(18)16-22(25-17-23)24-11-10-19-7-4-5-9-21(19)26-12-14-27-15-13-26/h2-9H,10-16H2,1H3,(H,24,25). The van der Waals surface area contributed by atoms with Gasteiger partial charge in [0.25, 0.3) is 0 Å². The quantitative estimate of drug-likeness (QED) is 0.487. The van der Waals surface area contributed by atoms with E-state index in [0.29, 0.717) is 6.42 Å². The SMILES string of the molecule is Cc1ccccc1C/C(=N\C#N)NCCc1ccccc1N1CCOCC1. The van der Waals surface area contributed by atoms with Crippen LogP contribution in [0.5, 0.6) is 0 Å².